The minimum Gasteiger partial charge on any atom is -0.379 e. The molecule has 0 aromatic heterocycles. The molecule has 0 radical (unpaired) electrons. The summed E-state index contributed by atoms with van der Waals surface area (Å²) < 4.78 is 28.5. The molecule has 1 saturated heterocycles. The Kier molecular flexibility index (Phi) is 4.48. The normalized spacial score (nSPS) is 19.1. The van der Waals surface area contributed by atoms with Gasteiger partial charge in [0, 0.05) is 18.1 Å². The van der Waals surface area contributed by atoms with E-state index in [1.165, 1.54) is 18.2 Å². The highest BCUT2D eigenvalue weighted by Crippen LogP contribution is 2.23. The van der Waals surface area contributed by atoms with E-state index in [-0.39, 0.29) is 22.4 Å². The number of primary sulfonamides is 1. The van der Waals surface area contributed by atoms with E-state index in [0.717, 1.165) is 6.42 Å². The molecule has 0 spiro atoms. The summed E-state index contributed by atoms with van der Waals surface area (Å²) in [4.78, 5) is 13.9. The lowest BCUT2D eigenvalue weighted by atomic mass is 10.1. The highest BCUT2D eigenvalue weighted by atomic mass is 79.9. The minimum absolute atomic E-state index is 0.00698. The molecule has 110 valence electrons. The van der Waals surface area contributed by atoms with Crippen molar-refractivity contribution in [2.75, 3.05) is 20.3 Å². The number of likely N-dealkylation sites (N-methyl/N-ethyl adjacent to an activating group) is 1. The number of carbonyl (C=O) groups excluding carboxylic acids is 1. The maximum atomic E-state index is 12.4. The molecule has 2 rings (SSSR count). The Bertz CT molecular complexity index is 626. The smallest absolute Gasteiger partial charge is 0.255 e. The standard InChI is InChI=1S/C12H15BrN2O4S/c1-15(8-4-5-19-7-8)12(16)10-6-9(20(14,17)18)2-3-11(10)13/h2-3,6,8H,4-5,7H2,1H3,(H2,14,17,18). The molecule has 1 heterocycles. The first-order chi connectivity index (χ1) is 9.30. The van der Waals surface area contributed by atoms with Crippen LogP contribution in [0.25, 0.3) is 0 Å². The molecule has 1 aromatic rings. The van der Waals surface area contributed by atoms with Crippen molar-refractivity contribution in [2.45, 2.75) is 17.4 Å². The lowest BCUT2D eigenvalue weighted by molar-refractivity contribution is 0.0710. The molecule has 1 aliphatic heterocycles. The lowest BCUT2D eigenvalue weighted by Crippen LogP contribution is -2.37. The molecule has 20 heavy (non-hydrogen) atoms. The van der Waals surface area contributed by atoms with Crippen LogP contribution in [0.3, 0.4) is 0 Å². The number of rotatable bonds is 3. The number of ether oxygens (including phenoxy) is 1. The average Bonchev–Trinajstić information content (AvgIpc) is 2.90. The van der Waals surface area contributed by atoms with Crippen LogP contribution in [0.15, 0.2) is 27.6 Å². The van der Waals surface area contributed by atoms with Crippen LogP contribution in [0.1, 0.15) is 16.8 Å². The van der Waals surface area contributed by atoms with Gasteiger partial charge in [0.2, 0.25) is 10.0 Å². The molecule has 1 fully saturated rings. The van der Waals surface area contributed by atoms with Gasteiger partial charge in [0.1, 0.15) is 0 Å². The van der Waals surface area contributed by atoms with E-state index in [1.807, 2.05) is 0 Å². The van der Waals surface area contributed by atoms with Crippen molar-refractivity contribution in [1.29, 1.82) is 0 Å². The van der Waals surface area contributed by atoms with Crippen LogP contribution in [0, 0.1) is 0 Å². The summed E-state index contributed by atoms with van der Waals surface area (Å²) in [6, 6.07) is 4.15. The highest BCUT2D eigenvalue weighted by molar-refractivity contribution is 9.10. The van der Waals surface area contributed by atoms with Crippen LogP contribution in [-0.4, -0.2) is 45.5 Å². The molecule has 2 N–H and O–H groups in total. The number of amides is 1. The summed E-state index contributed by atoms with van der Waals surface area (Å²) in [5.74, 6) is -0.266. The first-order valence-electron chi connectivity index (χ1n) is 5.98. The molecule has 1 unspecified atom stereocenters. The van der Waals surface area contributed by atoms with Crippen molar-refractivity contribution in [2.24, 2.45) is 5.14 Å². The van der Waals surface area contributed by atoms with Gasteiger partial charge in [0.15, 0.2) is 0 Å². The van der Waals surface area contributed by atoms with E-state index in [4.69, 9.17) is 9.88 Å². The van der Waals surface area contributed by atoms with Crippen molar-refractivity contribution in [1.82, 2.24) is 4.90 Å². The highest BCUT2D eigenvalue weighted by Gasteiger charge is 2.26. The molecule has 1 atom stereocenters. The molecular weight excluding hydrogens is 348 g/mol. The first kappa shape index (κ1) is 15.4. The largest absolute Gasteiger partial charge is 0.379 e. The third-order valence-corrected chi connectivity index (χ3v) is 4.87. The summed E-state index contributed by atoms with van der Waals surface area (Å²) in [6.45, 7) is 1.12. The SMILES string of the molecule is CN(C(=O)c1cc(S(N)(=O)=O)ccc1Br)C1CCOC1. The molecule has 8 heteroatoms. The lowest BCUT2D eigenvalue weighted by Gasteiger charge is -2.23. The fourth-order valence-electron chi connectivity index (χ4n) is 2.03. The van der Waals surface area contributed by atoms with Crippen molar-refractivity contribution >= 4 is 31.9 Å². The van der Waals surface area contributed by atoms with Crippen molar-refractivity contribution in [3.05, 3.63) is 28.2 Å². The first-order valence-corrected chi connectivity index (χ1v) is 8.32. The maximum Gasteiger partial charge on any atom is 0.255 e. The molecule has 1 amide bonds. The summed E-state index contributed by atoms with van der Waals surface area (Å²) in [5, 5.41) is 5.09. The van der Waals surface area contributed by atoms with Gasteiger partial charge in [-0.2, -0.15) is 0 Å². The van der Waals surface area contributed by atoms with E-state index in [2.05, 4.69) is 15.9 Å². The summed E-state index contributed by atoms with van der Waals surface area (Å²) in [5.41, 5.74) is 0.269. The fraction of sp³-hybridized carbons (Fsp3) is 0.417. The summed E-state index contributed by atoms with van der Waals surface area (Å²) >= 11 is 3.26. The van der Waals surface area contributed by atoms with Gasteiger partial charge in [-0.05, 0) is 40.5 Å². The number of hydrogen-bond donors (Lipinski definition) is 1. The Morgan fingerprint density at radius 2 is 2.20 bits per heavy atom. The minimum atomic E-state index is -3.84. The van der Waals surface area contributed by atoms with Crippen molar-refractivity contribution in [3.63, 3.8) is 0 Å². The van der Waals surface area contributed by atoms with E-state index < -0.39 is 10.0 Å². The monoisotopic (exact) mass is 362 g/mol. The van der Waals surface area contributed by atoms with Gasteiger partial charge < -0.3 is 9.64 Å². The van der Waals surface area contributed by atoms with Crippen molar-refractivity contribution in [3.8, 4) is 0 Å². The zero-order valence-electron chi connectivity index (χ0n) is 10.9. The number of hydrogen-bond acceptors (Lipinski definition) is 4. The molecule has 0 aliphatic carbocycles. The zero-order chi connectivity index (χ0) is 14.9. The van der Waals surface area contributed by atoms with E-state index >= 15 is 0 Å². The van der Waals surface area contributed by atoms with Gasteiger partial charge in [-0.15, -0.1) is 0 Å². The van der Waals surface area contributed by atoms with Gasteiger partial charge in [-0.1, -0.05) is 0 Å². The van der Waals surface area contributed by atoms with Crippen LogP contribution in [0.4, 0.5) is 0 Å². The Morgan fingerprint density at radius 1 is 1.50 bits per heavy atom. The molecule has 1 aliphatic rings. The summed E-state index contributed by atoms with van der Waals surface area (Å²) in [6.07, 6.45) is 0.773. The maximum absolute atomic E-state index is 12.4. The Labute approximate surface area is 126 Å². The van der Waals surface area contributed by atoms with E-state index in [1.54, 1.807) is 11.9 Å². The number of benzene rings is 1. The van der Waals surface area contributed by atoms with Crippen LogP contribution in [-0.2, 0) is 14.8 Å². The van der Waals surface area contributed by atoms with Crippen molar-refractivity contribution < 1.29 is 17.9 Å². The molecule has 0 bridgehead atoms. The van der Waals surface area contributed by atoms with Crippen LogP contribution in [0.5, 0.6) is 0 Å². The quantitative estimate of drug-likeness (QED) is 0.866. The number of sulfonamides is 1. The molecular formula is C12H15BrN2O4S. The Morgan fingerprint density at radius 3 is 2.75 bits per heavy atom. The Balaban J connectivity index is 2.33. The number of nitrogens with zero attached hydrogens (tertiary/aromatic N) is 1. The van der Waals surface area contributed by atoms with Gasteiger partial charge in [-0.25, -0.2) is 13.6 Å². The third kappa shape index (κ3) is 3.20. The summed E-state index contributed by atoms with van der Waals surface area (Å²) in [7, 11) is -2.16. The Hall–Kier alpha value is -0.960. The predicted octanol–water partition coefficient (Wildman–Crippen LogP) is 0.957. The average molecular weight is 363 g/mol. The number of nitrogens with two attached hydrogens (primary N) is 1. The second-order valence-electron chi connectivity index (χ2n) is 4.62. The van der Waals surface area contributed by atoms with E-state index in [0.29, 0.717) is 17.7 Å². The predicted molar refractivity (Wildman–Crippen MR) is 76.8 cm³/mol. The van der Waals surface area contributed by atoms with Gasteiger partial charge in [0.25, 0.3) is 5.91 Å². The second kappa shape index (κ2) is 5.80. The number of carbonyl (C=O) groups is 1. The van der Waals surface area contributed by atoms with Crippen LogP contribution in [0.2, 0.25) is 0 Å². The fourth-order valence-corrected chi connectivity index (χ4v) is 2.98. The molecule has 0 saturated carbocycles. The van der Waals surface area contributed by atoms with Gasteiger partial charge in [-0.3, -0.25) is 4.79 Å². The van der Waals surface area contributed by atoms with Crippen LogP contribution >= 0.6 is 15.9 Å². The van der Waals surface area contributed by atoms with Gasteiger partial charge in [0.05, 0.1) is 23.1 Å². The van der Waals surface area contributed by atoms with Crippen LogP contribution < -0.4 is 5.14 Å². The molecule has 6 nitrogen and oxygen atoms in total. The number of halogens is 1. The van der Waals surface area contributed by atoms with Gasteiger partial charge >= 0.3 is 0 Å². The second-order valence-corrected chi connectivity index (χ2v) is 7.04. The molecule has 1 aromatic carbocycles. The zero-order valence-corrected chi connectivity index (χ0v) is 13.3. The third-order valence-electron chi connectivity index (χ3n) is 3.27. The topological polar surface area (TPSA) is 89.7 Å². The van der Waals surface area contributed by atoms with E-state index in [9.17, 15) is 13.2 Å².